The van der Waals surface area contributed by atoms with Crippen LogP contribution in [0.3, 0.4) is 0 Å². The number of nitrogens with two attached hydrogens (primary N) is 1. The summed E-state index contributed by atoms with van der Waals surface area (Å²) in [5.41, 5.74) is 6.46. The molecule has 0 bridgehead atoms. The Morgan fingerprint density at radius 2 is 2.07 bits per heavy atom. The normalized spacial score (nSPS) is 39.2. The zero-order chi connectivity index (χ0) is 10.7. The molecule has 2 rings (SSSR count). The van der Waals surface area contributed by atoms with Gasteiger partial charge in [0.2, 0.25) is 0 Å². The first kappa shape index (κ1) is 11.7. The maximum Gasteiger partial charge on any atom is 0.0357 e. The molecule has 1 saturated carbocycles. The van der Waals surface area contributed by atoms with Gasteiger partial charge in [0.05, 0.1) is 0 Å². The van der Waals surface area contributed by atoms with E-state index in [1.54, 1.807) is 0 Å². The van der Waals surface area contributed by atoms with E-state index >= 15 is 0 Å². The highest BCUT2D eigenvalue weighted by Crippen LogP contribution is 2.38. The van der Waals surface area contributed by atoms with Crippen LogP contribution >= 0.6 is 11.8 Å². The first-order chi connectivity index (χ1) is 7.29. The van der Waals surface area contributed by atoms with Gasteiger partial charge in [0.15, 0.2) is 0 Å². The Balaban J connectivity index is 2.10. The van der Waals surface area contributed by atoms with Crippen LogP contribution in [0.4, 0.5) is 0 Å². The third kappa shape index (κ3) is 2.20. The average molecular weight is 228 g/mol. The van der Waals surface area contributed by atoms with Gasteiger partial charge in [-0.15, -0.1) is 0 Å². The van der Waals surface area contributed by atoms with Gasteiger partial charge in [0.25, 0.3) is 0 Å². The second-order valence-corrected chi connectivity index (χ2v) is 6.28. The zero-order valence-corrected chi connectivity index (χ0v) is 10.7. The van der Waals surface area contributed by atoms with Gasteiger partial charge < -0.3 is 5.73 Å². The van der Waals surface area contributed by atoms with Crippen molar-refractivity contribution in [3.63, 3.8) is 0 Å². The summed E-state index contributed by atoms with van der Waals surface area (Å²) in [4.78, 5) is 2.70. The molecule has 88 valence electrons. The zero-order valence-electron chi connectivity index (χ0n) is 9.87. The Hall–Kier alpha value is 0.270. The molecule has 0 aromatic rings. The van der Waals surface area contributed by atoms with Crippen molar-refractivity contribution < 1.29 is 0 Å². The summed E-state index contributed by atoms with van der Waals surface area (Å²) >= 11 is 2.09. The lowest BCUT2D eigenvalue weighted by atomic mass is 9.72. The Kier molecular flexibility index (Phi) is 3.97. The van der Waals surface area contributed by atoms with Crippen molar-refractivity contribution in [3.05, 3.63) is 0 Å². The van der Waals surface area contributed by atoms with Crippen LogP contribution in [-0.4, -0.2) is 41.6 Å². The summed E-state index contributed by atoms with van der Waals surface area (Å²) in [6.45, 7) is 5.78. The van der Waals surface area contributed by atoms with Crippen molar-refractivity contribution in [1.29, 1.82) is 0 Å². The van der Waals surface area contributed by atoms with Gasteiger partial charge in [-0.3, -0.25) is 4.90 Å². The van der Waals surface area contributed by atoms with Crippen LogP contribution in [0.1, 0.15) is 32.6 Å². The third-order valence-electron chi connectivity index (χ3n) is 4.41. The van der Waals surface area contributed by atoms with E-state index in [1.165, 1.54) is 50.3 Å². The summed E-state index contributed by atoms with van der Waals surface area (Å²) in [7, 11) is 0. The second kappa shape index (κ2) is 5.07. The maximum atomic E-state index is 6.11. The minimum atomic E-state index is 0.346. The summed E-state index contributed by atoms with van der Waals surface area (Å²) in [5, 5.41) is 0. The molecule has 1 saturated heterocycles. The van der Waals surface area contributed by atoms with Crippen LogP contribution < -0.4 is 5.73 Å². The maximum absolute atomic E-state index is 6.11. The molecule has 0 amide bonds. The van der Waals surface area contributed by atoms with Gasteiger partial charge in [0.1, 0.15) is 0 Å². The van der Waals surface area contributed by atoms with E-state index < -0.39 is 0 Å². The highest BCUT2D eigenvalue weighted by Gasteiger charge is 2.42. The van der Waals surface area contributed by atoms with E-state index in [2.05, 4.69) is 23.6 Å². The highest BCUT2D eigenvalue weighted by molar-refractivity contribution is 7.99. The molecule has 0 radical (unpaired) electrons. The second-order valence-electron chi connectivity index (χ2n) is 5.05. The molecule has 0 aromatic heterocycles. The SMILES string of the molecule is CC1CCCCC1(CN)N1CCSCC1. The van der Waals surface area contributed by atoms with E-state index in [1.807, 2.05) is 0 Å². The standard InChI is InChI=1S/C12H24N2S/c1-11-4-2-3-5-12(11,10-13)14-6-8-15-9-7-14/h11H,2-10,13H2,1H3. The number of hydrogen-bond donors (Lipinski definition) is 1. The molecule has 1 aliphatic carbocycles. The number of thioether (sulfide) groups is 1. The van der Waals surface area contributed by atoms with Gasteiger partial charge in [-0.05, 0) is 18.8 Å². The monoisotopic (exact) mass is 228 g/mol. The fourth-order valence-electron chi connectivity index (χ4n) is 3.31. The molecule has 2 N–H and O–H groups in total. The molecule has 2 aliphatic rings. The third-order valence-corrected chi connectivity index (χ3v) is 5.35. The van der Waals surface area contributed by atoms with Gasteiger partial charge in [-0.2, -0.15) is 11.8 Å². The smallest absolute Gasteiger partial charge is 0.0357 e. The van der Waals surface area contributed by atoms with Gasteiger partial charge in [-0.1, -0.05) is 19.8 Å². The summed E-state index contributed by atoms with van der Waals surface area (Å²) in [5.74, 6) is 3.39. The Labute approximate surface area is 98.0 Å². The first-order valence-electron chi connectivity index (χ1n) is 6.32. The highest BCUT2D eigenvalue weighted by atomic mass is 32.2. The van der Waals surface area contributed by atoms with Crippen LogP contribution in [0.2, 0.25) is 0 Å². The molecule has 2 atom stereocenters. The van der Waals surface area contributed by atoms with Crippen LogP contribution in [-0.2, 0) is 0 Å². The fraction of sp³-hybridized carbons (Fsp3) is 1.00. The van der Waals surface area contributed by atoms with Gasteiger partial charge in [0, 0.05) is 36.7 Å². The minimum absolute atomic E-state index is 0.346. The lowest BCUT2D eigenvalue weighted by Gasteiger charge is -2.51. The van der Waals surface area contributed by atoms with Crippen LogP contribution in [0.25, 0.3) is 0 Å². The van der Waals surface area contributed by atoms with Gasteiger partial charge in [-0.25, -0.2) is 0 Å². The topological polar surface area (TPSA) is 29.3 Å². The number of rotatable bonds is 2. The predicted molar refractivity (Wildman–Crippen MR) is 68.3 cm³/mol. The molecule has 2 unspecified atom stereocenters. The predicted octanol–water partition coefficient (Wildman–Crippen LogP) is 1.94. The summed E-state index contributed by atoms with van der Waals surface area (Å²) < 4.78 is 0. The van der Waals surface area contributed by atoms with Crippen LogP contribution in [0, 0.1) is 5.92 Å². The number of hydrogen-bond acceptors (Lipinski definition) is 3. The van der Waals surface area contributed by atoms with E-state index in [0.29, 0.717) is 5.54 Å². The molecule has 1 aliphatic heterocycles. The Morgan fingerprint density at radius 1 is 1.33 bits per heavy atom. The fourth-order valence-corrected chi connectivity index (χ4v) is 4.21. The molecule has 1 heterocycles. The van der Waals surface area contributed by atoms with E-state index in [9.17, 15) is 0 Å². The molecular formula is C12H24N2S. The molecule has 3 heteroatoms. The van der Waals surface area contributed by atoms with Crippen molar-refractivity contribution >= 4 is 11.8 Å². The lowest BCUT2D eigenvalue weighted by Crippen LogP contribution is -2.61. The molecule has 15 heavy (non-hydrogen) atoms. The van der Waals surface area contributed by atoms with E-state index in [0.717, 1.165) is 12.5 Å². The molecule has 2 fully saturated rings. The van der Waals surface area contributed by atoms with Crippen LogP contribution in [0.5, 0.6) is 0 Å². The van der Waals surface area contributed by atoms with Crippen molar-refractivity contribution in [2.45, 2.75) is 38.1 Å². The quantitative estimate of drug-likeness (QED) is 0.783. The van der Waals surface area contributed by atoms with Gasteiger partial charge >= 0.3 is 0 Å². The molecule has 0 spiro atoms. The van der Waals surface area contributed by atoms with E-state index in [-0.39, 0.29) is 0 Å². The summed E-state index contributed by atoms with van der Waals surface area (Å²) in [6.07, 6.45) is 5.49. The lowest BCUT2D eigenvalue weighted by molar-refractivity contribution is 0.0208. The first-order valence-corrected chi connectivity index (χ1v) is 7.48. The Bertz CT molecular complexity index is 204. The largest absolute Gasteiger partial charge is 0.329 e. The van der Waals surface area contributed by atoms with Crippen molar-refractivity contribution in [2.75, 3.05) is 31.1 Å². The average Bonchev–Trinajstić information content (AvgIpc) is 2.31. The molecule has 0 aromatic carbocycles. The van der Waals surface area contributed by atoms with Crippen molar-refractivity contribution in [2.24, 2.45) is 11.7 Å². The van der Waals surface area contributed by atoms with Crippen molar-refractivity contribution in [1.82, 2.24) is 4.90 Å². The summed E-state index contributed by atoms with van der Waals surface area (Å²) in [6, 6.07) is 0. The molecular weight excluding hydrogens is 204 g/mol. The van der Waals surface area contributed by atoms with Crippen LogP contribution in [0.15, 0.2) is 0 Å². The minimum Gasteiger partial charge on any atom is -0.329 e. The van der Waals surface area contributed by atoms with Crippen molar-refractivity contribution in [3.8, 4) is 0 Å². The van der Waals surface area contributed by atoms with E-state index in [4.69, 9.17) is 5.73 Å². The molecule has 2 nitrogen and oxygen atoms in total. The number of nitrogens with zero attached hydrogens (tertiary/aromatic N) is 1. The Morgan fingerprint density at radius 3 is 2.67 bits per heavy atom.